The summed E-state index contributed by atoms with van der Waals surface area (Å²) in [6.45, 7) is 7.80. The van der Waals surface area contributed by atoms with Crippen molar-refractivity contribution in [1.29, 1.82) is 0 Å². The number of carbonyl (C=O) groups is 3. The van der Waals surface area contributed by atoms with Gasteiger partial charge in [0.1, 0.15) is 17.3 Å². The Hall–Kier alpha value is -4.59. The zero-order valence-electron chi connectivity index (χ0n) is 22.6. The molecule has 202 valence electrons. The first-order valence-corrected chi connectivity index (χ1v) is 12.8. The molecule has 1 saturated heterocycles. The predicted molar refractivity (Wildman–Crippen MR) is 150 cm³/mol. The quantitative estimate of drug-likeness (QED) is 0.217. The number of Topliss-reactive ketones (excluding diaryl/α,β-unsaturated/α-hetero) is 1. The maximum absolute atomic E-state index is 13.5. The Kier molecular flexibility index (Phi) is 8.04. The lowest BCUT2D eigenvalue weighted by molar-refractivity contribution is -0.132. The highest BCUT2D eigenvalue weighted by molar-refractivity contribution is 6.51. The van der Waals surface area contributed by atoms with Crippen LogP contribution in [0.25, 0.3) is 5.76 Å². The molecule has 1 heterocycles. The molecule has 0 radical (unpaired) electrons. The van der Waals surface area contributed by atoms with Crippen LogP contribution in [0.1, 0.15) is 56.3 Å². The van der Waals surface area contributed by atoms with Crippen LogP contribution in [0.4, 0.5) is 11.4 Å². The van der Waals surface area contributed by atoms with Gasteiger partial charge >= 0.3 is 0 Å². The standard InChI is InChI=1S/C31H32N2O6/c1-6-39-26-15-12-21(16-25(26)18(2)3)29(35)27-28(20-10-13-24(38-5)14-11-20)33(31(37)30(27)36)23-9-7-8-22(17-23)32-19(4)34/h7-18,28,35H,6H2,1-5H3,(H,32,34)/b29-27-. The molecule has 2 N–H and O–H groups in total. The van der Waals surface area contributed by atoms with E-state index in [2.05, 4.69) is 5.32 Å². The zero-order valence-corrected chi connectivity index (χ0v) is 22.6. The SMILES string of the molecule is CCOc1ccc(/C(O)=C2/C(=O)C(=O)N(c3cccc(NC(C)=O)c3)C2c2ccc(OC)cc2)cc1C(C)C. The Morgan fingerprint density at radius 2 is 1.77 bits per heavy atom. The topological polar surface area (TPSA) is 105 Å². The van der Waals surface area contributed by atoms with Gasteiger partial charge in [-0.3, -0.25) is 19.3 Å². The summed E-state index contributed by atoms with van der Waals surface area (Å²) >= 11 is 0. The summed E-state index contributed by atoms with van der Waals surface area (Å²) in [5.41, 5.74) is 2.73. The molecular formula is C31H32N2O6. The molecule has 3 aromatic rings. The normalized spacial score (nSPS) is 16.5. The molecular weight excluding hydrogens is 496 g/mol. The maximum Gasteiger partial charge on any atom is 0.300 e. The van der Waals surface area contributed by atoms with E-state index in [0.29, 0.717) is 40.6 Å². The Morgan fingerprint density at radius 1 is 1.05 bits per heavy atom. The average Bonchev–Trinajstić information content (AvgIpc) is 3.18. The van der Waals surface area contributed by atoms with Gasteiger partial charge in [-0.2, -0.15) is 0 Å². The lowest BCUT2D eigenvalue weighted by Crippen LogP contribution is -2.29. The van der Waals surface area contributed by atoms with Crippen molar-refractivity contribution >= 4 is 34.7 Å². The molecule has 8 nitrogen and oxygen atoms in total. The number of nitrogens with one attached hydrogen (secondary N) is 1. The summed E-state index contributed by atoms with van der Waals surface area (Å²) in [4.78, 5) is 40.0. The monoisotopic (exact) mass is 528 g/mol. The third kappa shape index (κ3) is 5.50. The number of ketones is 1. The molecule has 3 aromatic carbocycles. The molecule has 1 atom stereocenters. The van der Waals surface area contributed by atoms with E-state index >= 15 is 0 Å². The molecule has 1 aliphatic heterocycles. The number of aliphatic hydroxyl groups excluding tert-OH is 1. The summed E-state index contributed by atoms with van der Waals surface area (Å²) in [6.07, 6.45) is 0. The number of anilines is 2. The molecule has 1 fully saturated rings. The van der Waals surface area contributed by atoms with Gasteiger partial charge in [0.05, 0.1) is 25.3 Å². The summed E-state index contributed by atoms with van der Waals surface area (Å²) in [5.74, 6) is -0.736. The number of methoxy groups -OCH3 is 1. The summed E-state index contributed by atoms with van der Waals surface area (Å²) < 4.78 is 11.0. The Bertz CT molecular complexity index is 1440. The lowest BCUT2D eigenvalue weighted by Gasteiger charge is -2.26. The van der Waals surface area contributed by atoms with Crippen LogP contribution >= 0.6 is 0 Å². The predicted octanol–water partition coefficient (Wildman–Crippen LogP) is 5.80. The summed E-state index contributed by atoms with van der Waals surface area (Å²) in [6, 6.07) is 18.0. The number of hydrogen-bond donors (Lipinski definition) is 2. The van der Waals surface area contributed by atoms with Gasteiger partial charge < -0.3 is 19.9 Å². The van der Waals surface area contributed by atoms with Gasteiger partial charge in [0.15, 0.2) is 0 Å². The van der Waals surface area contributed by atoms with E-state index in [1.165, 1.54) is 11.8 Å². The van der Waals surface area contributed by atoms with Crippen molar-refractivity contribution in [3.63, 3.8) is 0 Å². The first-order valence-electron chi connectivity index (χ1n) is 12.8. The van der Waals surface area contributed by atoms with Crippen molar-refractivity contribution in [2.75, 3.05) is 23.9 Å². The number of carbonyl (C=O) groups excluding carboxylic acids is 3. The zero-order chi connectivity index (χ0) is 28.3. The van der Waals surface area contributed by atoms with E-state index in [9.17, 15) is 19.5 Å². The molecule has 0 saturated carbocycles. The highest BCUT2D eigenvalue weighted by Gasteiger charge is 2.47. The molecule has 0 bridgehead atoms. The van der Waals surface area contributed by atoms with Crippen molar-refractivity contribution in [2.24, 2.45) is 0 Å². The number of amides is 2. The third-order valence-electron chi connectivity index (χ3n) is 6.53. The van der Waals surface area contributed by atoms with Crippen molar-refractivity contribution < 1.29 is 29.0 Å². The summed E-state index contributed by atoms with van der Waals surface area (Å²) in [7, 11) is 1.55. The third-order valence-corrected chi connectivity index (χ3v) is 6.53. The number of ether oxygens (including phenoxy) is 2. The minimum atomic E-state index is -0.919. The fourth-order valence-electron chi connectivity index (χ4n) is 4.73. The Labute approximate surface area is 227 Å². The second-order valence-corrected chi connectivity index (χ2v) is 9.51. The first-order chi connectivity index (χ1) is 18.7. The molecule has 0 aromatic heterocycles. The van der Waals surface area contributed by atoms with Gasteiger partial charge in [-0.15, -0.1) is 0 Å². The van der Waals surface area contributed by atoms with E-state index < -0.39 is 17.7 Å². The van der Waals surface area contributed by atoms with Crippen LogP contribution in [-0.2, 0) is 14.4 Å². The van der Waals surface area contributed by atoms with Crippen molar-refractivity contribution in [1.82, 2.24) is 0 Å². The van der Waals surface area contributed by atoms with Gasteiger partial charge in [0.2, 0.25) is 5.91 Å². The molecule has 1 aliphatic rings. The van der Waals surface area contributed by atoms with E-state index in [1.54, 1.807) is 73.8 Å². The number of aliphatic hydroxyl groups is 1. The van der Waals surface area contributed by atoms with Crippen LogP contribution in [0.3, 0.4) is 0 Å². The number of nitrogens with zero attached hydrogens (tertiary/aromatic N) is 1. The molecule has 0 spiro atoms. The number of benzene rings is 3. The largest absolute Gasteiger partial charge is 0.507 e. The smallest absolute Gasteiger partial charge is 0.300 e. The van der Waals surface area contributed by atoms with E-state index in [1.807, 2.05) is 20.8 Å². The minimum Gasteiger partial charge on any atom is -0.507 e. The molecule has 8 heteroatoms. The van der Waals surface area contributed by atoms with Crippen LogP contribution in [0, 0.1) is 0 Å². The van der Waals surface area contributed by atoms with Crippen LogP contribution < -0.4 is 19.7 Å². The van der Waals surface area contributed by atoms with Gasteiger partial charge in [0.25, 0.3) is 11.7 Å². The maximum atomic E-state index is 13.5. The van der Waals surface area contributed by atoms with Crippen LogP contribution in [0.5, 0.6) is 11.5 Å². The van der Waals surface area contributed by atoms with E-state index in [4.69, 9.17) is 9.47 Å². The van der Waals surface area contributed by atoms with E-state index in [0.717, 1.165) is 5.56 Å². The fraction of sp³-hybridized carbons (Fsp3) is 0.258. The number of rotatable bonds is 8. The Balaban J connectivity index is 1.92. The highest BCUT2D eigenvalue weighted by atomic mass is 16.5. The van der Waals surface area contributed by atoms with Crippen molar-refractivity contribution in [3.05, 3.63) is 89.0 Å². The van der Waals surface area contributed by atoms with Crippen molar-refractivity contribution in [3.8, 4) is 11.5 Å². The van der Waals surface area contributed by atoms with E-state index in [-0.39, 0.29) is 23.2 Å². The van der Waals surface area contributed by atoms with Gasteiger partial charge in [-0.05, 0) is 72.5 Å². The fourth-order valence-corrected chi connectivity index (χ4v) is 4.73. The summed E-state index contributed by atoms with van der Waals surface area (Å²) in [5, 5.41) is 14.3. The van der Waals surface area contributed by atoms with Crippen molar-refractivity contribution in [2.45, 2.75) is 39.7 Å². The minimum absolute atomic E-state index is 0.0334. The number of hydrogen-bond acceptors (Lipinski definition) is 6. The highest BCUT2D eigenvalue weighted by Crippen LogP contribution is 2.43. The van der Waals surface area contributed by atoms with Crippen LogP contribution in [-0.4, -0.2) is 36.4 Å². The van der Waals surface area contributed by atoms with Gasteiger partial charge in [-0.25, -0.2) is 0 Å². The molecule has 2 amide bonds. The average molecular weight is 529 g/mol. The molecule has 0 aliphatic carbocycles. The first kappa shape index (κ1) is 27.4. The molecule has 4 rings (SSSR count). The second-order valence-electron chi connectivity index (χ2n) is 9.51. The molecule has 39 heavy (non-hydrogen) atoms. The molecule has 1 unspecified atom stereocenters. The van der Waals surface area contributed by atoms with Crippen LogP contribution in [0.2, 0.25) is 0 Å². The van der Waals surface area contributed by atoms with Gasteiger partial charge in [0, 0.05) is 23.9 Å². The lowest BCUT2D eigenvalue weighted by atomic mass is 9.93. The Morgan fingerprint density at radius 3 is 2.38 bits per heavy atom. The van der Waals surface area contributed by atoms with Crippen LogP contribution in [0.15, 0.2) is 72.3 Å². The van der Waals surface area contributed by atoms with Gasteiger partial charge in [-0.1, -0.05) is 32.0 Å². The second kappa shape index (κ2) is 11.4.